The van der Waals surface area contributed by atoms with E-state index in [0.29, 0.717) is 43.3 Å². The van der Waals surface area contributed by atoms with Gasteiger partial charge in [-0.25, -0.2) is 8.42 Å². The molecule has 38 heavy (non-hydrogen) atoms. The number of piperidine rings is 1. The number of likely N-dealkylation sites (tertiary alicyclic amines) is 1. The maximum atomic E-state index is 13.2. The van der Waals surface area contributed by atoms with Gasteiger partial charge in [-0.3, -0.25) is 15.0 Å². The fraction of sp³-hybridized carbons (Fsp3) is 0.346. The van der Waals surface area contributed by atoms with E-state index in [-0.39, 0.29) is 35.7 Å². The van der Waals surface area contributed by atoms with Crippen LogP contribution in [-0.4, -0.2) is 78.1 Å². The lowest BCUT2D eigenvalue weighted by Gasteiger charge is -2.33. The predicted octanol–water partition coefficient (Wildman–Crippen LogP) is 3.71. The minimum Gasteiger partial charge on any atom is -0.481 e. The van der Waals surface area contributed by atoms with Gasteiger partial charge in [-0.15, -0.1) is 11.3 Å². The van der Waals surface area contributed by atoms with Gasteiger partial charge in [0.05, 0.1) is 12.5 Å². The van der Waals surface area contributed by atoms with E-state index < -0.39 is 16.0 Å². The van der Waals surface area contributed by atoms with Crippen molar-refractivity contribution in [3.8, 4) is 0 Å². The molecule has 9 nitrogen and oxygen atoms in total. The van der Waals surface area contributed by atoms with Crippen LogP contribution >= 0.6 is 22.9 Å². The van der Waals surface area contributed by atoms with Crippen molar-refractivity contribution >= 4 is 60.8 Å². The Labute approximate surface area is 229 Å². The van der Waals surface area contributed by atoms with Crippen molar-refractivity contribution in [2.24, 2.45) is 5.92 Å². The van der Waals surface area contributed by atoms with Gasteiger partial charge in [0, 0.05) is 48.0 Å². The molecule has 2 saturated heterocycles. The van der Waals surface area contributed by atoms with Gasteiger partial charge in [-0.05, 0) is 42.0 Å². The molecule has 200 valence electrons. The molecule has 0 radical (unpaired) electrons. The summed E-state index contributed by atoms with van der Waals surface area (Å²) in [5.74, 6) is -1.03. The Morgan fingerprint density at radius 2 is 1.76 bits per heavy atom. The van der Waals surface area contributed by atoms with Crippen LogP contribution in [0.1, 0.15) is 24.0 Å². The lowest BCUT2D eigenvalue weighted by Crippen LogP contribution is -2.51. The summed E-state index contributed by atoms with van der Waals surface area (Å²) in [6, 6.07) is 14.3. The summed E-state index contributed by atoms with van der Waals surface area (Å²) >= 11 is 7.18. The highest BCUT2D eigenvalue weighted by atomic mass is 35.5. The molecule has 2 aromatic carbocycles. The van der Waals surface area contributed by atoms with E-state index in [9.17, 15) is 18.0 Å². The number of carbonyl (C=O) groups is 2. The molecule has 5 rings (SSSR count). The minimum atomic E-state index is -3.80. The van der Waals surface area contributed by atoms with Crippen LogP contribution in [-0.2, 0) is 26.2 Å². The summed E-state index contributed by atoms with van der Waals surface area (Å²) in [4.78, 5) is 27.6. The zero-order valence-corrected chi connectivity index (χ0v) is 22.9. The number of nitrogens with zero attached hydrogens (tertiary/aromatic N) is 3. The second-order valence-corrected chi connectivity index (χ2v) is 13.2. The van der Waals surface area contributed by atoms with Gasteiger partial charge in [0.25, 0.3) is 10.0 Å². The number of hydrogen-bond acceptors (Lipinski definition) is 6. The number of benzene rings is 2. The predicted molar refractivity (Wildman–Crippen MR) is 146 cm³/mol. The first-order valence-corrected chi connectivity index (χ1v) is 14.9. The van der Waals surface area contributed by atoms with Gasteiger partial charge in [0.2, 0.25) is 5.91 Å². The summed E-state index contributed by atoms with van der Waals surface area (Å²) in [7, 11) is -3.80. The van der Waals surface area contributed by atoms with Gasteiger partial charge in [-0.1, -0.05) is 41.9 Å². The van der Waals surface area contributed by atoms with Gasteiger partial charge >= 0.3 is 5.97 Å². The second-order valence-electron chi connectivity index (χ2n) is 9.55. The number of amidine groups is 1. The molecule has 2 N–H and O–H groups in total. The van der Waals surface area contributed by atoms with Crippen LogP contribution in [0, 0.1) is 11.3 Å². The average Bonchev–Trinajstić information content (AvgIpc) is 3.34. The molecule has 0 bridgehead atoms. The number of carboxylic acid groups (broad SMARTS) is 1. The van der Waals surface area contributed by atoms with Gasteiger partial charge in [0.1, 0.15) is 10.0 Å². The fourth-order valence-electron chi connectivity index (χ4n) is 4.82. The Bertz CT molecular complexity index is 1500. The number of amides is 1. The van der Waals surface area contributed by atoms with Gasteiger partial charge < -0.3 is 14.9 Å². The van der Waals surface area contributed by atoms with Crippen molar-refractivity contribution in [1.29, 1.82) is 5.41 Å². The maximum absolute atomic E-state index is 13.2. The smallest absolute Gasteiger partial charge is 0.306 e. The molecule has 0 saturated carbocycles. The van der Waals surface area contributed by atoms with Crippen molar-refractivity contribution in [3.63, 3.8) is 0 Å². The van der Waals surface area contributed by atoms with E-state index in [1.54, 1.807) is 29.2 Å². The zero-order valence-electron chi connectivity index (χ0n) is 20.5. The number of aliphatic carboxylic acids is 1. The normalized spacial score (nSPS) is 17.8. The summed E-state index contributed by atoms with van der Waals surface area (Å²) in [6.07, 6.45) is 1.05. The molecule has 0 atom stereocenters. The summed E-state index contributed by atoms with van der Waals surface area (Å²) in [6.45, 7) is 1.70. The molecule has 2 fully saturated rings. The topological polar surface area (TPSA) is 122 Å². The van der Waals surface area contributed by atoms with Crippen LogP contribution in [0.4, 0.5) is 0 Å². The molecule has 0 unspecified atom stereocenters. The van der Waals surface area contributed by atoms with E-state index in [0.717, 1.165) is 32.5 Å². The number of thiophene rings is 1. The molecule has 2 aliphatic heterocycles. The van der Waals surface area contributed by atoms with Crippen LogP contribution < -0.4 is 0 Å². The molecule has 1 aromatic heterocycles. The minimum absolute atomic E-state index is 0.196. The number of carbonyl (C=O) groups excluding carboxylic acids is 1. The van der Waals surface area contributed by atoms with Gasteiger partial charge in [-0.2, -0.15) is 4.31 Å². The third kappa shape index (κ3) is 5.42. The number of fused-ring (bicyclic) bond motifs is 1. The van der Waals surface area contributed by atoms with Crippen molar-refractivity contribution in [2.45, 2.75) is 23.6 Å². The highest BCUT2D eigenvalue weighted by molar-refractivity contribution is 7.91. The quantitative estimate of drug-likeness (QED) is 0.342. The highest BCUT2D eigenvalue weighted by Gasteiger charge is 2.34. The Morgan fingerprint density at radius 1 is 1.05 bits per heavy atom. The fourth-order valence-corrected chi connectivity index (χ4v) is 8.03. The first-order chi connectivity index (χ1) is 18.1. The lowest BCUT2D eigenvalue weighted by molar-refractivity contribution is -0.143. The first kappa shape index (κ1) is 26.6. The lowest BCUT2D eigenvalue weighted by atomic mass is 9.96. The number of hydrogen-bond donors (Lipinski definition) is 2. The zero-order chi connectivity index (χ0) is 27.0. The van der Waals surface area contributed by atoms with Gasteiger partial charge in [0.15, 0.2) is 0 Å². The largest absolute Gasteiger partial charge is 0.481 e. The number of halogens is 1. The van der Waals surface area contributed by atoms with Crippen LogP contribution in [0.25, 0.3) is 10.1 Å². The SMILES string of the molecule is N=C(c1ccc(CN2CCN(S(=O)(=O)c3cc4ccc(Cl)cc4s3)CC2=O)cc1)N1CCC(C(=O)O)CC1. The second kappa shape index (κ2) is 10.6. The Morgan fingerprint density at radius 3 is 2.42 bits per heavy atom. The van der Waals surface area contributed by atoms with Crippen molar-refractivity contribution in [1.82, 2.24) is 14.1 Å². The molecule has 0 spiro atoms. The summed E-state index contributed by atoms with van der Waals surface area (Å²) in [5, 5.41) is 19.0. The molecular formula is C26H27ClN4O5S2. The number of piperazine rings is 1. The number of carboxylic acids is 1. The molecule has 3 heterocycles. The summed E-state index contributed by atoms with van der Waals surface area (Å²) in [5.41, 5.74) is 1.62. The third-order valence-corrected chi connectivity index (χ3v) is 10.7. The summed E-state index contributed by atoms with van der Waals surface area (Å²) < 4.78 is 28.6. The number of nitrogens with one attached hydrogen (secondary N) is 1. The Kier molecular flexibility index (Phi) is 7.45. The van der Waals surface area contributed by atoms with E-state index in [1.165, 1.54) is 4.31 Å². The molecule has 2 aliphatic rings. The Hall–Kier alpha value is -2.99. The first-order valence-electron chi connectivity index (χ1n) is 12.2. The maximum Gasteiger partial charge on any atom is 0.306 e. The van der Waals surface area contributed by atoms with Crippen LogP contribution in [0.2, 0.25) is 5.02 Å². The van der Waals surface area contributed by atoms with E-state index in [1.807, 2.05) is 29.2 Å². The van der Waals surface area contributed by atoms with Crippen molar-refractivity contribution in [2.75, 3.05) is 32.7 Å². The van der Waals surface area contributed by atoms with Crippen molar-refractivity contribution < 1.29 is 23.1 Å². The highest BCUT2D eigenvalue weighted by Crippen LogP contribution is 2.33. The van der Waals surface area contributed by atoms with Crippen molar-refractivity contribution in [3.05, 3.63) is 64.7 Å². The molecule has 12 heteroatoms. The van der Waals surface area contributed by atoms with E-state index in [2.05, 4.69) is 0 Å². The third-order valence-electron chi connectivity index (χ3n) is 7.10. The van der Waals surface area contributed by atoms with E-state index in [4.69, 9.17) is 22.1 Å². The Balaban J connectivity index is 1.19. The molecule has 1 amide bonds. The standard InChI is InChI=1S/C26H27ClN4O5S2/c27-21-6-5-20-13-24(37-22(20)14-21)38(35,36)31-12-11-30(23(32)16-31)15-17-1-3-18(4-2-17)25(28)29-9-7-19(8-10-29)26(33)34/h1-6,13-14,19,28H,7-12,15-16H2,(H,33,34). The number of sulfonamides is 1. The molecule has 3 aromatic rings. The molecular weight excluding hydrogens is 548 g/mol. The van der Waals surface area contributed by atoms with Crippen LogP contribution in [0.5, 0.6) is 0 Å². The van der Waals surface area contributed by atoms with E-state index >= 15 is 0 Å². The van der Waals surface area contributed by atoms with Crippen LogP contribution in [0.15, 0.2) is 52.7 Å². The number of rotatable bonds is 6. The monoisotopic (exact) mass is 574 g/mol. The average molecular weight is 575 g/mol. The molecule has 0 aliphatic carbocycles. The van der Waals surface area contributed by atoms with Crippen LogP contribution in [0.3, 0.4) is 0 Å².